The highest BCUT2D eigenvalue weighted by Crippen LogP contribution is 2.12. The molecule has 7 heteroatoms. The molecule has 0 aliphatic rings. The Morgan fingerprint density at radius 2 is 2.09 bits per heavy atom. The van der Waals surface area contributed by atoms with Crippen LogP contribution in [0.15, 0.2) is 23.3 Å². The number of rotatable bonds is 9. The average Bonchev–Trinajstić information content (AvgIpc) is 2.53. The molecule has 0 bridgehead atoms. The van der Waals surface area contributed by atoms with Crippen LogP contribution in [-0.4, -0.2) is 44.9 Å². The molecule has 0 aliphatic heterocycles. The topological polar surface area (TPSA) is 67.8 Å². The van der Waals surface area contributed by atoms with E-state index in [-0.39, 0.29) is 24.0 Å². The zero-order chi connectivity index (χ0) is 16.2. The molecule has 6 nitrogen and oxygen atoms in total. The first-order valence-electron chi connectivity index (χ1n) is 7.67. The van der Waals surface area contributed by atoms with Gasteiger partial charge in [-0.05, 0) is 18.4 Å². The predicted octanol–water partition coefficient (Wildman–Crippen LogP) is 2.44. The molecule has 132 valence electrons. The van der Waals surface area contributed by atoms with Crippen molar-refractivity contribution in [3.05, 3.63) is 23.9 Å². The van der Waals surface area contributed by atoms with E-state index in [1.165, 1.54) is 0 Å². The van der Waals surface area contributed by atoms with Crippen LogP contribution in [0.2, 0.25) is 0 Å². The maximum Gasteiger partial charge on any atom is 0.218 e. The van der Waals surface area contributed by atoms with Gasteiger partial charge in [0.2, 0.25) is 5.88 Å². The van der Waals surface area contributed by atoms with E-state index >= 15 is 0 Å². The van der Waals surface area contributed by atoms with Gasteiger partial charge in [-0.15, -0.1) is 24.0 Å². The molecule has 0 spiro atoms. The lowest BCUT2D eigenvalue weighted by Crippen LogP contribution is -2.38. The van der Waals surface area contributed by atoms with Gasteiger partial charge in [0.25, 0.3) is 0 Å². The molecule has 1 heterocycles. The summed E-state index contributed by atoms with van der Waals surface area (Å²) in [5.74, 6) is 2.04. The number of ether oxygens (including phenoxy) is 2. The highest BCUT2D eigenvalue weighted by molar-refractivity contribution is 14.0. The fraction of sp³-hybridized carbons (Fsp3) is 0.625. The van der Waals surface area contributed by atoms with E-state index < -0.39 is 0 Å². The minimum Gasteiger partial charge on any atom is -0.481 e. The van der Waals surface area contributed by atoms with Gasteiger partial charge in [0, 0.05) is 38.5 Å². The second kappa shape index (κ2) is 13.4. The molecule has 2 N–H and O–H groups in total. The highest BCUT2D eigenvalue weighted by Gasteiger charge is 2.04. The quantitative estimate of drug-likeness (QED) is 0.270. The summed E-state index contributed by atoms with van der Waals surface area (Å²) in [6.45, 7) is 7.19. The Balaban J connectivity index is 0.00000484. The lowest BCUT2D eigenvalue weighted by atomic mass is 10.1. The van der Waals surface area contributed by atoms with Gasteiger partial charge in [-0.3, -0.25) is 4.99 Å². The number of methoxy groups -OCH3 is 1. The van der Waals surface area contributed by atoms with E-state index in [1.54, 1.807) is 20.4 Å². The van der Waals surface area contributed by atoms with Crippen molar-refractivity contribution in [1.29, 1.82) is 0 Å². The Hall–Kier alpha value is -1.09. The number of aliphatic imine (C=N–C) groups is 1. The zero-order valence-corrected chi connectivity index (χ0v) is 16.8. The maximum absolute atomic E-state index is 5.56. The molecular formula is C16H29IN4O2. The molecule has 0 saturated carbocycles. The van der Waals surface area contributed by atoms with Crippen molar-refractivity contribution in [3.8, 4) is 5.88 Å². The summed E-state index contributed by atoms with van der Waals surface area (Å²) >= 11 is 0. The van der Waals surface area contributed by atoms with Crippen LogP contribution in [0.4, 0.5) is 0 Å². The second-order valence-corrected chi connectivity index (χ2v) is 5.32. The minimum atomic E-state index is 0. The summed E-state index contributed by atoms with van der Waals surface area (Å²) < 4.78 is 10.8. The number of aromatic nitrogens is 1. The Bertz CT molecular complexity index is 455. The number of guanidine groups is 1. The maximum atomic E-state index is 5.56. The molecule has 23 heavy (non-hydrogen) atoms. The van der Waals surface area contributed by atoms with Crippen molar-refractivity contribution < 1.29 is 9.47 Å². The number of nitrogens with one attached hydrogen (secondary N) is 2. The van der Waals surface area contributed by atoms with Crippen LogP contribution in [0.5, 0.6) is 5.88 Å². The lowest BCUT2D eigenvalue weighted by molar-refractivity contribution is 0.128. The Morgan fingerprint density at radius 1 is 1.30 bits per heavy atom. The van der Waals surface area contributed by atoms with E-state index in [1.807, 2.05) is 12.1 Å². The van der Waals surface area contributed by atoms with Gasteiger partial charge in [-0.1, -0.05) is 19.9 Å². The van der Waals surface area contributed by atoms with E-state index in [2.05, 4.69) is 34.5 Å². The first kappa shape index (κ1) is 21.9. The van der Waals surface area contributed by atoms with Crippen LogP contribution in [-0.2, 0) is 11.3 Å². The molecule has 0 saturated heterocycles. The molecule has 1 aromatic rings. The third kappa shape index (κ3) is 9.60. The number of halogens is 1. The molecule has 0 radical (unpaired) electrons. The standard InChI is InChI=1S/C16H28N4O2.HI/c1-13(2)7-10-22-11-9-19-16(17-3)20-12-14-6-5-8-18-15(14)21-4;/h5-6,8,13H,7,9-12H2,1-4H3,(H2,17,19,20);1H. The van der Waals surface area contributed by atoms with Gasteiger partial charge < -0.3 is 20.1 Å². The number of nitrogens with zero attached hydrogens (tertiary/aromatic N) is 2. The van der Waals surface area contributed by atoms with E-state index in [0.29, 0.717) is 24.9 Å². The molecule has 1 aromatic heterocycles. The molecule has 1 rings (SSSR count). The summed E-state index contributed by atoms with van der Waals surface area (Å²) in [7, 11) is 3.36. The van der Waals surface area contributed by atoms with Crippen molar-refractivity contribution in [2.24, 2.45) is 10.9 Å². The first-order chi connectivity index (χ1) is 10.7. The summed E-state index contributed by atoms with van der Waals surface area (Å²) in [6.07, 6.45) is 2.80. The molecular weight excluding hydrogens is 407 g/mol. The van der Waals surface area contributed by atoms with E-state index in [4.69, 9.17) is 9.47 Å². The van der Waals surface area contributed by atoms with Gasteiger partial charge in [-0.2, -0.15) is 0 Å². The molecule has 0 atom stereocenters. The van der Waals surface area contributed by atoms with Crippen LogP contribution < -0.4 is 15.4 Å². The van der Waals surface area contributed by atoms with E-state index in [0.717, 1.165) is 31.1 Å². The van der Waals surface area contributed by atoms with Crippen LogP contribution in [0, 0.1) is 5.92 Å². The molecule has 0 fully saturated rings. The van der Waals surface area contributed by atoms with Gasteiger partial charge in [0.1, 0.15) is 0 Å². The van der Waals surface area contributed by atoms with Gasteiger partial charge in [0.15, 0.2) is 5.96 Å². The van der Waals surface area contributed by atoms with Crippen LogP contribution in [0.25, 0.3) is 0 Å². The van der Waals surface area contributed by atoms with Gasteiger partial charge in [0.05, 0.1) is 13.7 Å². The molecule has 0 aromatic carbocycles. The summed E-state index contributed by atoms with van der Waals surface area (Å²) in [5.41, 5.74) is 0.987. The van der Waals surface area contributed by atoms with Gasteiger partial charge in [-0.25, -0.2) is 4.98 Å². The minimum absolute atomic E-state index is 0. The van der Waals surface area contributed by atoms with E-state index in [9.17, 15) is 0 Å². The second-order valence-electron chi connectivity index (χ2n) is 5.32. The predicted molar refractivity (Wildman–Crippen MR) is 105 cm³/mol. The third-order valence-electron chi connectivity index (χ3n) is 3.09. The summed E-state index contributed by atoms with van der Waals surface area (Å²) in [6, 6.07) is 3.86. The monoisotopic (exact) mass is 436 g/mol. The number of pyridine rings is 1. The van der Waals surface area contributed by atoms with Crippen LogP contribution >= 0.6 is 24.0 Å². The summed E-state index contributed by atoms with van der Waals surface area (Å²) in [4.78, 5) is 8.35. The SMILES string of the molecule is CN=C(NCCOCCC(C)C)NCc1cccnc1OC.I. The molecule has 0 aliphatic carbocycles. The lowest BCUT2D eigenvalue weighted by Gasteiger charge is -2.13. The highest BCUT2D eigenvalue weighted by atomic mass is 127. The van der Waals surface area contributed by atoms with Crippen molar-refractivity contribution >= 4 is 29.9 Å². The Kier molecular flexibility index (Phi) is 12.7. The van der Waals surface area contributed by atoms with Crippen molar-refractivity contribution in [2.75, 3.05) is 33.9 Å². The zero-order valence-electron chi connectivity index (χ0n) is 14.5. The van der Waals surface area contributed by atoms with Crippen molar-refractivity contribution in [3.63, 3.8) is 0 Å². The number of hydrogen-bond acceptors (Lipinski definition) is 4. The fourth-order valence-corrected chi connectivity index (χ4v) is 1.80. The van der Waals surface area contributed by atoms with Crippen molar-refractivity contribution in [1.82, 2.24) is 15.6 Å². The fourth-order valence-electron chi connectivity index (χ4n) is 1.80. The van der Waals surface area contributed by atoms with Crippen LogP contribution in [0.3, 0.4) is 0 Å². The molecule has 0 unspecified atom stereocenters. The summed E-state index contributed by atoms with van der Waals surface area (Å²) in [5, 5.41) is 6.45. The normalized spacial score (nSPS) is 11.1. The number of hydrogen-bond donors (Lipinski definition) is 2. The molecule has 0 amide bonds. The average molecular weight is 436 g/mol. The largest absolute Gasteiger partial charge is 0.481 e. The first-order valence-corrected chi connectivity index (χ1v) is 7.67. The Labute approximate surface area is 156 Å². The van der Waals surface area contributed by atoms with Crippen LogP contribution in [0.1, 0.15) is 25.8 Å². The smallest absolute Gasteiger partial charge is 0.218 e. The van der Waals surface area contributed by atoms with Crippen molar-refractivity contribution in [2.45, 2.75) is 26.8 Å². The third-order valence-corrected chi connectivity index (χ3v) is 3.09. The van der Waals surface area contributed by atoms with Gasteiger partial charge >= 0.3 is 0 Å². The Morgan fingerprint density at radius 3 is 2.74 bits per heavy atom.